The van der Waals surface area contributed by atoms with E-state index in [0.29, 0.717) is 0 Å². The van der Waals surface area contributed by atoms with Crippen molar-refractivity contribution in [3.8, 4) is 0 Å². The van der Waals surface area contributed by atoms with E-state index in [4.69, 9.17) is 0 Å². The summed E-state index contributed by atoms with van der Waals surface area (Å²) < 4.78 is 0. The van der Waals surface area contributed by atoms with Gasteiger partial charge in [0.1, 0.15) is 0 Å². The minimum atomic E-state index is 0.0168. The highest BCUT2D eigenvalue weighted by Gasteiger charge is 1.91. The summed E-state index contributed by atoms with van der Waals surface area (Å²) in [7, 11) is 0. The molecule has 0 atom stereocenters. The van der Waals surface area contributed by atoms with Gasteiger partial charge in [-0.1, -0.05) is 24.3 Å². The maximum absolute atomic E-state index is 11.3. The molecule has 0 saturated heterocycles. The Labute approximate surface area is 69.5 Å². The van der Waals surface area contributed by atoms with E-state index >= 15 is 0 Å². The van der Waals surface area contributed by atoms with Crippen LogP contribution in [0.15, 0.2) is 47.5 Å². The fourth-order valence-electron chi connectivity index (χ4n) is 1.16. The molecule has 2 nitrogen and oxygen atoms in total. The number of hydrogen-bond donors (Lipinski definition) is 0. The molecule has 0 aliphatic heterocycles. The van der Waals surface area contributed by atoms with Crippen LogP contribution >= 0.6 is 0 Å². The predicted octanol–water partition coefficient (Wildman–Crippen LogP) is 1.59. The zero-order valence-electron chi connectivity index (χ0n) is 6.40. The molecule has 2 aromatic rings. The normalized spacial score (nSPS) is 10.0. The van der Waals surface area contributed by atoms with E-state index in [2.05, 4.69) is 4.98 Å². The Morgan fingerprint density at radius 2 is 1.92 bits per heavy atom. The van der Waals surface area contributed by atoms with Crippen LogP contribution in [-0.4, -0.2) is 4.98 Å². The van der Waals surface area contributed by atoms with E-state index in [1.54, 1.807) is 12.3 Å². The van der Waals surface area contributed by atoms with Gasteiger partial charge in [0, 0.05) is 29.2 Å². The molecule has 1 aromatic heterocycles. The summed E-state index contributed by atoms with van der Waals surface area (Å²) in [5.41, 5.74) is 0.0168. The van der Waals surface area contributed by atoms with Gasteiger partial charge in [0.25, 0.3) is 0 Å². The average molecular weight is 157 g/mol. The summed E-state index contributed by atoms with van der Waals surface area (Å²) >= 11 is 0. The lowest BCUT2D eigenvalue weighted by Gasteiger charge is -1.86. The number of rotatable bonds is 0. The lowest BCUT2D eigenvalue weighted by molar-refractivity contribution is 1.38. The summed E-state index contributed by atoms with van der Waals surface area (Å²) in [6.07, 6.45) is 3.21. The minimum Gasteiger partial charge on any atom is -0.289 e. The Hall–Kier alpha value is -1.70. The molecule has 0 radical (unpaired) electrons. The van der Waals surface area contributed by atoms with Crippen molar-refractivity contribution < 1.29 is 0 Å². The van der Waals surface area contributed by atoms with Crippen molar-refractivity contribution in [2.75, 3.05) is 0 Å². The van der Waals surface area contributed by atoms with Crippen LogP contribution in [0.3, 0.4) is 0 Å². The molecule has 12 heavy (non-hydrogen) atoms. The van der Waals surface area contributed by atoms with Crippen LogP contribution in [0.1, 0.15) is 0 Å². The van der Waals surface area contributed by atoms with Gasteiger partial charge in [0.05, 0.1) is 0 Å². The van der Waals surface area contributed by atoms with Crippen LogP contribution in [0.25, 0.3) is 10.8 Å². The molecule has 0 bridgehead atoms. The predicted molar refractivity (Wildman–Crippen MR) is 48.0 cm³/mol. The van der Waals surface area contributed by atoms with Crippen LogP contribution < -0.4 is 5.43 Å². The largest absolute Gasteiger partial charge is 0.289 e. The maximum Gasteiger partial charge on any atom is 0.188 e. The van der Waals surface area contributed by atoms with Crippen LogP contribution in [0.2, 0.25) is 0 Å². The van der Waals surface area contributed by atoms with E-state index in [0.717, 1.165) is 10.8 Å². The van der Waals surface area contributed by atoms with E-state index in [1.165, 1.54) is 12.3 Å². The molecule has 2 heteroatoms. The van der Waals surface area contributed by atoms with Crippen molar-refractivity contribution in [3.63, 3.8) is 0 Å². The summed E-state index contributed by atoms with van der Waals surface area (Å²) in [4.78, 5) is 15.3. The molecule has 1 aromatic carbocycles. The van der Waals surface area contributed by atoms with Gasteiger partial charge in [0.2, 0.25) is 0 Å². The van der Waals surface area contributed by atoms with Gasteiger partial charge in [0.15, 0.2) is 5.43 Å². The van der Waals surface area contributed by atoms with E-state index < -0.39 is 0 Å². The van der Waals surface area contributed by atoms with E-state index in [1.807, 2.05) is 18.2 Å². The second kappa shape index (κ2) is 2.74. The monoisotopic (exact) mass is 157 g/mol. The molecule has 2 rings (SSSR count). The SMILES string of the molecule is O=c1ccncc2ccccc12. The van der Waals surface area contributed by atoms with Gasteiger partial charge >= 0.3 is 0 Å². The highest BCUT2D eigenvalue weighted by Crippen LogP contribution is 2.04. The maximum atomic E-state index is 11.3. The zero-order valence-corrected chi connectivity index (χ0v) is 6.40. The van der Waals surface area contributed by atoms with Crippen molar-refractivity contribution >= 4 is 10.8 Å². The smallest absolute Gasteiger partial charge is 0.188 e. The standard InChI is InChI=1S/C10H7NO/c12-10-5-6-11-7-8-3-1-2-4-9(8)10/h1-7H. The highest BCUT2D eigenvalue weighted by atomic mass is 16.1. The minimum absolute atomic E-state index is 0.0168. The first-order chi connectivity index (χ1) is 5.88. The number of fused-ring (bicyclic) bond motifs is 1. The number of benzene rings is 1. The second-order valence-electron chi connectivity index (χ2n) is 2.55. The molecule has 0 spiro atoms. The fraction of sp³-hybridized carbons (Fsp3) is 0. The van der Waals surface area contributed by atoms with Crippen LogP contribution in [0.5, 0.6) is 0 Å². The first-order valence-electron chi connectivity index (χ1n) is 3.71. The lowest BCUT2D eigenvalue weighted by Crippen LogP contribution is -1.93. The molecule has 0 amide bonds. The molecule has 0 unspecified atom stereocenters. The summed E-state index contributed by atoms with van der Waals surface area (Å²) in [5.74, 6) is 0. The van der Waals surface area contributed by atoms with Crippen molar-refractivity contribution in [2.45, 2.75) is 0 Å². The van der Waals surface area contributed by atoms with Gasteiger partial charge in [-0.05, 0) is 0 Å². The van der Waals surface area contributed by atoms with E-state index in [9.17, 15) is 4.79 Å². The van der Waals surface area contributed by atoms with Gasteiger partial charge in [-0.3, -0.25) is 9.78 Å². The molecule has 0 saturated carbocycles. The quantitative estimate of drug-likeness (QED) is 0.581. The molecule has 0 aliphatic rings. The highest BCUT2D eigenvalue weighted by molar-refractivity contribution is 5.80. The number of hydrogen-bond acceptors (Lipinski definition) is 2. The molecule has 0 N–H and O–H groups in total. The van der Waals surface area contributed by atoms with Gasteiger partial charge in [-0.25, -0.2) is 0 Å². The zero-order chi connectivity index (χ0) is 8.39. The van der Waals surface area contributed by atoms with Crippen LogP contribution in [0.4, 0.5) is 0 Å². The molecule has 0 fully saturated rings. The van der Waals surface area contributed by atoms with Gasteiger partial charge < -0.3 is 0 Å². The molecule has 0 aliphatic carbocycles. The first kappa shape index (κ1) is 6.98. The number of aromatic nitrogens is 1. The van der Waals surface area contributed by atoms with Crippen LogP contribution in [-0.2, 0) is 0 Å². The van der Waals surface area contributed by atoms with Crippen molar-refractivity contribution in [3.05, 3.63) is 52.9 Å². The molecular formula is C10H7NO. The topological polar surface area (TPSA) is 30.0 Å². The van der Waals surface area contributed by atoms with Crippen LogP contribution in [0, 0.1) is 0 Å². The Kier molecular flexibility index (Phi) is 1.59. The third kappa shape index (κ3) is 1.07. The summed E-state index contributed by atoms with van der Waals surface area (Å²) in [6, 6.07) is 8.90. The second-order valence-corrected chi connectivity index (χ2v) is 2.55. The lowest BCUT2D eigenvalue weighted by atomic mass is 10.2. The Bertz CT molecular complexity index is 465. The van der Waals surface area contributed by atoms with Crippen molar-refractivity contribution in [2.24, 2.45) is 0 Å². The molecule has 1 heterocycles. The van der Waals surface area contributed by atoms with E-state index in [-0.39, 0.29) is 5.43 Å². The third-order valence-corrected chi connectivity index (χ3v) is 1.75. The molecular weight excluding hydrogens is 150 g/mol. The first-order valence-corrected chi connectivity index (χ1v) is 3.71. The molecule has 58 valence electrons. The van der Waals surface area contributed by atoms with Crippen molar-refractivity contribution in [1.82, 2.24) is 4.98 Å². The Morgan fingerprint density at radius 3 is 2.83 bits per heavy atom. The Balaban J connectivity index is 3.06. The van der Waals surface area contributed by atoms with Gasteiger partial charge in [-0.2, -0.15) is 0 Å². The summed E-state index contributed by atoms with van der Waals surface area (Å²) in [6.45, 7) is 0. The number of nitrogens with zero attached hydrogens (tertiary/aromatic N) is 1. The Morgan fingerprint density at radius 1 is 1.08 bits per heavy atom. The third-order valence-electron chi connectivity index (χ3n) is 1.75. The summed E-state index contributed by atoms with van der Waals surface area (Å²) in [5, 5.41) is 1.60. The average Bonchev–Trinajstić information content (AvgIpc) is 2.29. The van der Waals surface area contributed by atoms with Crippen molar-refractivity contribution in [1.29, 1.82) is 0 Å². The fourth-order valence-corrected chi connectivity index (χ4v) is 1.16. The van der Waals surface area contributed by atoms with Gasteiger partial charge in [-0.15, -0.1) is 0 Å².